The minimum absolute atomic E-state index is 1.05. The van der Waals surface area contributed by atoms with Gasteiger partial charge in [-0.15, -0.1) is 0 Å². The van der Waals surface area contributed by atoms with Gasteiger partial charge in [0.05, 0.1) is 0 Å². The summed E-state index contributed by atoms with van der Waals surface area (Å²) in [5.74, 6) is 0. The zero-order valence-electron chi connectivity index (χ0n) is 9.98. The minimum atomic E-state index is -1.05. The first-order valence-electron chi connectivity index (χ1n) is 5.53. The van der Waals surface area contributed by atoms with Gasteiger partial charge in [0.1, 0.15) is 8.24 Å². The molecule has 2 nitrogen and oxygen atoms in total. The molecule has 0 amide bonds. The molecular formula is C10H26N2Si. The first kappa shape index (κ1) is 13.1. The molecule has 13 heavy (non-hydrogen) atoms. The molecule has 0 aliphatic carbocycles. The van der Waals surface area contributed by atoms with Crippen LogP contribution in [0.1, 0.15) is 20.8 Å². The maximum atomic E-state index is 3.70. The van der Waals surface area contributed by atoms with E-state index in [4.69, 9.17) is 0 Å². The monoisotopic (exact) mass is 202 g/mol. The topological polar surface area (TPSA) is 15.3 Å². The van der Waals surface area contributed by atoms with Crippen molar-refractivity contribution in [1.29, 1.82) is 0 Å². The third-order valence-corrected chi connectivity index (χ3v) is 5.78. The van der Waals surface area contributed by atoms with Crippen LogP contribution < -0.4 is 4.98 Å². The molecule has 0 aromatic rings. The Morgan fingerprint density at radius 3 is 2.00 bits per heavy atom. The second-order valence-electron chi connectivity index (χ2n) is 4.19. The molecule has 0 unspecified atom stereocenters. The van der Waals surface area contributed by atoms with E-state index >= 15 is 0 Å². The summed E-state index contributed by atoms with van der Waals surface area (Å²) in [6, 6.07) is 1.32. The number of nitrogens with zero attached hydrogens (tertiary/aromatic N) is 1. The molecule has 0 aliphatic rings. The van der Waals surface area contributed by atoms with Crippen LogP contribution in [0.2, 0.25) is 19.1 Å². The summed E-state index contributed by atoms with van der Waals surface area (Å²) < 4.78 is 0. The van der Waals surface area contributed by atoms with Crippen molar-refractivity contribution in [2.24, 2.45) is 0 Å². The Morgan fingerprint density at radius 2 is 1.62 bits per heavy atom. The Bertz CT molecular complexity index is 122. The average molecular weight is 202 g/mol. The Kier molecular flexibility index (Phi) is 6.64. The van der Waals surface area contributed by atoms with E-state index in [9.17, 15) is 0 Å². The SMILES string of the molecule is CCN(CC)CCN[Si](C)(C)CC. The van der Waals surface area contributed by atoms with Gasteiger partial charge in [0.15, 0.2) is 0 Å². The highest BCUT2D eigenvalue weighted by atomic mass is 28.3. The molecule has 0 spiro atoms. The molecule has 0 saturated heterocycles. The van der Waals surface area contributed by atoms with Crippen molar-refractivity contribution in [2.45, 2.75) is 39.9 Å². The van der Waals surface area contributed by atoms with Crippen LogP contribution in [-0.2, 0) is 0 Å². The van der Waals surface area contributed by atoms with Crippen LogP contribution in [0.25, 0.3) is 0 Å². The van der Waals surface area contributed by atoms with Gasteiger partial charge in [-0.3, -0.25) is 0 Å². The molecule has 1 N–H and O–H groups in total. The van der Waals surface area contributed by atoms with Crippen LogP contribution in [-0.4, -0.2) is 39.3 Å². The zero-order valence-corrected chi connectivity index (χ0v) is 11.0. The van der Waals surface area contributed by atoms with Gasteiger partial charge in [-0.1, -0.05) is 33.9 Å². The van der Waals surface area contributed by atoms with Crippen LogP contribution in [0, 0.1) is 0 Å². The summed E-state index contributed by atoms with van der Waals surface area (Å²) >= 11 is 0. The number of hydrogen-bond acceptors (Lipinski definition) is 2. The van der Waals surface area contributed by atoms with Crippen molar-refractivity contribution in [2.75, 3.05) is 26.2 Å². The van der Waals surface area contributed by atoms with E-state index in [1.165, 1.54) is 25.7 Å². The second kappa shape index (κ2) is 6.57. The maximum absolute atomic E-state index is 3.70. The Balaban J connectivity index is 3.54. The first-order chi connectivity index (χ1) is 6.05. The molecular weight excluding hydrogens is 176 g/mol. The molecule has 0 rings (SSSR count). The molecule has 0 aromatic carbocycles. The molecule has 0 aliphatic heterocycles. The summed E-state index contributed by atoms with van der Waals surface area (Å²) in [6.07, 6.45) is 0. The first-order valence-corrected chi connectivity index (χ1v) is 8.73. The van der Waals surface area contributed by atoms with Crippen molar-refractivity contribution >= 4 is 8.24 Å². The van der Waals surface area contributed by atoms with Crippen molar-refractivity contribution in [3.05, 3.63) is 0 Å². The number of likely N-dealkylation sites (N-methyl/N-ethyl adjacent to an activating group) is 1. The van der Waals surface area contributed by atoms with E-state index in [2.05, 4.69) is 43.7 Å². The van der Waals surface area contributed by atoms with E-state index in [0.717, 1.165) is 6.54 Å². The van der Waals surface area contributed by atoms with E-state index < -0.39 is 8.24 Å². The van der Waals surface area contributed by atoms with Crippen LogP contribution in [0.5, 0.6) is 0 Å². The van der Waals surface area contributed by atoms with Gasteiger partial charge in [0.25, 0.3) is 0 Å². The van der Waals surface area contributed by atoms with Gasteiger partial charge in [-0.25, -0.2) is 0 Å². The largest absolute Gasteiger partial charge is 0.336 e. The fourth-order valence-corrected chi connectivity index (χ4v) is 2.26. The van der Waals surface area contributed by atoms with Gasteiger partial charge in [-0.2, -0.15) is 0 Å². The Labute approximate surface area is 84.8 Å². The van der Waals surface area contributed by atoms with Gasteiger partial charge in [-0.05, 0) is 19.1 Å². The van der Waals surface area contributed by atoms with Crippen LogP contribution in [0.4, 0.5) is 0 Å². The van der Waals surface area contributed by atoms with E-state index in [1.54, 1.807) is 0 Å². The predicted molar refractivity (Wildman–Crippen MR) is 63.8 cm³/mol. The summed E-state index contributed by atoms with van der Waals surface area (Å²) in [4.78, 5) is 6.17. The van der Waals surface area contributed by atoms with Crippen LogP contribution in [0.15, 0.2) is 0 Å². The van der Waals surface area contributed by atoms with Crippen molar-refractivity contribution in [3.8, 4) is 0 Å². The van der Waals surface area contributed by atoms with Gasteiger partial charge < -0.3 is 9.88 Å². The smallest absolute Gasteiger partial charge is 0.119 e. The third-order valence-electron chi connectivity index (χ3n) is 2.81. The van der Waals surface area contributed by atoms with Gasteiger partial charge >= 0.3 is 0 Å². The number of nitrogens with one attached hydrogen (secondary N) is 1. The van der Waals surface area contributed by atoms with Crippen LogP contribution in [0.3, 0.4) is 0 Å². The summed E-state index contributed by atoms with van der Waals surface area (Å²) in [5, 5.41) is 0. The molecule has 0 atom stereocenters. The number of hydrogen-bond donors (Lipinski definition) is 1. The minimum Gasteiger partial charge on any atom is -0.336 e. The quantitative estimate of drug-likeness (QED) is 0.636. The van der Waals surface area contributed by atoms with Gasteiger partial charge in [0.2, 0.25) is 0 Å². The van der Waals surface area contributed by atoms with Crippen molar-refractivity contribution in [3.63, 3.8) is 0 Å². The van der Waals surface area contributed by atoms with Crippen LogP contribution >= 0.6 is 0 Å². The van der Waals surface area contributed by atoms with Crippen molar-refractivity contribution < 1.29 is 0 Å². The average Bonchev–Trinajstić information content (AvgIpc) is 2.12. The molecule has 0 bridgehead atoms. The third kappa shape index (κ3) is 6.24. The van der Waals surface area contributed by atoms with Gasteiger partial charge in [0, 0.05) is 13.1 Å². The highest BCUT2D eigenvalue weighted by molar-refractivity contribution is 6.74. The lowest BCUT2D eigenvalue weighted by Gasteiger charge is -2.25. The maximum Gasteiger partial charge on any atom is 0.119 e. The highest BCUT2D eigenvalue weighted by Gasteiger charge is 2.16. The molecule has 0 saturated carbocycles. The molecule has 0 fully saturated rings. The number of rotatable bonds is 7. The fourth-order valence-electron chi connectivity index (χ4n) is 1.22. The molecule has 80 valence electrons. The summed E-state index contributed by atoms with van der Waals surface area (Å²) in [5.41, 5.74) is 0. The second-order valence-corrected chi connectivity index (χ2v) is 9.02. The molecule has 0 heterocycles. The molecule has 3 heteroatoms. The van der Waals surface area contributed by atoms with E-state index in [-0.39, 0.29) is 0 Å². The Hall–Kier alpha value is 0.137. The van der Waals surface area contributed by atoms with E-state index in [0.29, 0.717) is 0 Å². The fraction of sp³-hybridized carbons (Fsp3) is 1.00. The standard InChI is InChI=1S/C10H26N2Si/c1-6-12(7-2)10-9-11-13(4,5)8-3/h11H,6-10H2,1-5H3. The lowest BCUT2D eigenvalue weighted by atomic mass is 10.5. The molecule has 0 aromatic heterocycles. The lowest BCUT2D eigenvalue weighted by Crippen LogP contribution is -2.47. The molecule has 0 radical (unpaired) electrons. The lowest BCUT2D eigenvalue weighted by molar-refractivity contribution is 0.308. The van der Waals surface area contributed by atoms with E-state index in [1.807, 2.05) is 0 Å². The Morgan fingerprint density at radius 1 is 1.08 bits per heavy atom. The predicted octanol–water partition coefficient (Wildman–Crippen LogP) is 2.14. The van der Waals surface area contributed by atoms with Crippen molar-refractivity contribution in [1.82, 2.24) is 9.88 Å². The summed E-state index contributed by atoms with van der Waals surface area (Å²) in [6.45, 7) is 16.2. The normalized spacial score (nSPS) is 12.5. The summed E-state index contributed by atoms with van der Waals surface area (Å²) in [7, 11) is -1.05. The highest BCUT2D eigenvalue weighted by Crippen LogP contribution is 2.02. The zero-order chi connectivity index (χ0) is 10.3.